The monoisotopic (exact) mass is 264 g/mol. The summed E-state index contributed by atoms with van der Waals surface area (Å²) in [7, 11) is 0. The fourth-order valence-corrected chi connectivity index (χ4v) is 2.28. The third-order valence-electron chi connectivity index (χ3n) is 2.58. The van der Waals surface area contributed by atoms with Crippen LogP contribution in [0.15, 0.2) is 29.3 Å². The van der Waals surface area contributed by atoms with E-state index in [1.807, 2.05) is 31.2 Å². The first-order valence-electron chi connectivity index (χ1n) is 5.87. The first-order valence-corrected chi connectivity index (χ1v) is 6.86. The standard InChI is InChI=1S/C13H16N2O2S/c1-9-5-3-4-6-11(9)17-10(2)12(16)15-13-14-7-8-18-13/h3-6,10H,7-8H2,1-2H3,(H,14,15,16)/t10-/m0/s1. The van der Waals surface area contributed by atoms with E-state index in [2.05, 4.69) is 10.3 Å². The molecule has 5 heteroatoms. The number of rotatable bonds is 3. The zero-order valence-electron chi connectivity index (χ0n) is 10.5. The summed E-state index contributed by atoms with van der Waals surface area (Å²) in [6, 6.07) is 7.65. The molecule has 0 spiro atoms. The minimum absolute atomic E-state index is 0.161. The zero-order valence-corrected chi connectivity index (χ0v) is 11.3. The van der Waals surface area contributed by atoms with Gasteiger partial charge in [0.1, 0.15) is 5.75 Å². The molecule has 1 aliphatic heterocycles. The van der Waals surface area contributed by atoms with Crippen LogP contribution in [0.5, 0.6) is 5.75 Å². The van der Waals surface area contributed by atoms with Crippen LogP contribution in [-0.2, 0) is 4.79 Å². The summed E-state index contributed by atoms with van der Waals surface area (Å²) in [6.45, 7) is 4.46. The number of nitrogens with one attached hydrogen (secondary N) is 1. The molecule has 4 nitrogen and oxygen atoms in total. The number of para-hydroxylation sites is 1. The van der Waals surface area contributed by atoms with Crippen LogP contribution in [-0.4, -0.2) is 29.5 Å². The van der Waals surface area contributed by atoms with Crippen molar-refractivity contribution in [1.29, 1.82) is 0 Å². The molecule has 1 heterocycles. The maximum atomic E-state index is 11.9. The van der Waals surface area contributed by atoms with Gasteiger partial charge in [-0.25, -0.2) is 0 Å². The normalized spacial score (nSPS) is 16.0. The number of hydrogen-bond donors (Lipinski definition) is 1. The molecule has 0 bridgehead atoms. The molecule has 0 aromatic heterocycles. The molecule has 0 unspecified atom stereocenters. The zero-order chi connectivity index (χ0) is 13.0. The quantitative estimate of drug-likeness (QED) is 0.908. The van der Waals surface area contributed by atoms with Crippen LogP contribution in [0.1, 0.15) is 12.5 Å². The van der Waals surface area contributed by atoms with Crippen LogP contribution in [0.25, 0.3) is 0 Å². The highest BCUT2D eigenvalue weighted by atomic mass is 32.2. The number of aryl methyl sites for hydroxylation is 1. The maximum Gasteiger partial charge on any atom is 0.266 e. The fourth-order valence-electron chi connectivity index (χ4n) is 1.55. The molecule has 0 radical (unpaired) electrons. The van der Waals surface area contributed by atoms with E-state index in [0.717, 1.165) is 23.6 Å². The van der Waals surface area contributed by atoms with Gasteiger partial charge in [-0.2, -0.15) is 0 Å². The number of carbonyl (C=O) groups excluding carboxylic acids is 1. The van der Waals surface area contributed by atoms with Gasteiger partial charge in [-0.05, 0) is 25.5 Å². The van der Waals surface area contributed by atoms with Crippen molar-refractivity contribution < 1.29 is 9.53 Å². The Morgan fingerprint density at radius 3 is 2.94 bits per heavy atom. The van der Waals surface area contributed by atoms with Crippen LogP contribution in [0, 0.1) is 6.92 Å². The van der Waals surface area contributed by atoms with E-state index in [0.29, 0.717) is 5.17 Å². The van der Waals surface area contributed by atoms with Gasteiger partial charge in [0.2, 0.25) is 0 Å². The van der Waals surface area contributed by atoms with Crippen LogP contribution >= 0.6 is 11.8 Å². The Morgan fingerprint density at radius 2 is 2.28 bits per heavy atom. The van der Waals surface area contributed by atoms with E-state index in [9.17, 15) is 4.79 Å². The van der Waals surface area contributed by atoms with Crippen molar-refractivity contribution >= 4 is 22.8 Å². The highest BCUT2D eigenvalue weighted by molar-refractivity contribution is 8.14. The molecule has 0 aliphatic carbocycles. The van der Waals surface area contributed by atoms with Crippen molar-refractivity contribution in [3.63, 3.8) is 0 Å². The van der Waals surface area contributed by atoms with Crippen molar-refractivity contribution in [2.45, 2.75) is 20.0 Å². The molecular formula is C13H16N2O2S. The van der Waals surface area contributed by atoms with Gasteiger partial charge in [-0.15, -0.1) is 0 Å². The van der Waals surface area contributed by atoms with E-state index in [1.165, 1.54) is 0 Å². The van der Waals surface area contributed by atoms with Gasteiger partial charge in [-0.1, -0.05) is 30.0 Å². The number of hydrogen-bond acceptors (Lipinski definition) is 4. The Hall–Kier alpha value is -1.49. The molecule has 0 saturated carbocycles. The molecule has 1 N–H and O–H groups in total. The Balaban J connectivity index is 1.93. The number of ether oxygens (including phenoxy) is 1. The highest BCUT2D eigenvalue weighted by Crippen LogP contribution is 2.18. The lowest BCUT2D eigenvalue weighted by molar-refractivity contribution is -0.125. The Kier molecular flexibility index (Phi) is 4.25. The topological polar surface area (TPSA) is 50.7 Å². The average molecular weight is 264 g/mol. The molecule has 96 valence electrons. The maximum absolute atomic E-state index is 11.9. The second-order valence-corrected chi connectivity index (χ2v) is 5.13. The number of thioether (sulfide) groups is 1. The average Bonchev–Trinajstić information content (AvgIpc) is 2.84. The van der Waals surface area contributed by atoms with E-state index >= 15 is 0 Å². The third-order valence-corrected chi connectivity index (χ3v) is 3.47. The number of aliphatic imine (C=N–C) groups is 1. The van der Waals surface area contributed by atoms with Gasteiger partial charge >= 0.3 is 0 Å². The molecule has 18 heavy (non-hydrogen) atoms. The molecule has 0 fully saturated rings. The van der Waals surface area contributed by atoms with E-state index in [1.54, 1.807) is 18.7 Å². The van der Waals surface area contributed by atoms with Crippen molar-refractivity contribution in [1.82, 2.24) is 5.32 Å². The summed E-state index contributed by atoms with van der Waals surface area (Å²) in [4.78, 5) is 16.1. The SMILES string of the molecule is Cc1ccccc1O[C@@H](C)C(=O)NC1=NCCS1. The summed E-state index contributed by atoms with van der Waals surface area (Å²) in [5, 5.41) is 3.46. The Labute approximate surface area is 111 Å². The van der Waals surface area contributed by atoms with Crippen molar-refractivity contribution in [3.8, 4) is 5.75 Å². The summed E-state index contributed by atoms with van der Waals surface area (Å²) >= 11 is 1.56. The van der Waals surface area contributed by atoms with Gasteiger partial charge in [0, 0.05) is 5.75 Å². The lowest BCUT2D eigenvalue weighted by Crippen LogP contribution is -2.38. The minimum Gasteiger partial charge on any atom is -0.481 e. The molecule has 1 aromatic carbocycles. The number of nitrogens with zero attached hydrogens (tertiary/aromatic N) is 1. The predicted octanol–water partition coefficient (Wildman–Crippen LogP) is 1.98. The minimum atomic E-state index is -0.532. The Morgan fingerprint density at radius 1 is 1.50 bits per heavy atom. The summed E-state index contributed by atoms with van der Waals surface area (Å²) in [5.41, 5.74) is 1.02. The van der Waals surface area contributed by atoms with Crippen molar-refractivity contribution in [2.24, 2.45) is 4.99 Å². The second kappa shape index (κ2) is 5.91. The number of amidine groups is 1. The smallest absolute Gasteiger partial charge is 0.266 e. The van der Waals surface area contributed by atoms with Crippen LogP contribution in [0.2, 0.25) is 0 Å². The number of carbonyl (C=O) groups is 1. The van der Waals surface area contributed by atoms with Crippen LogP contribution < -0.4 is 10.1 Å². The summed E-state index contributed by atoms with van der Waals surface area (Å²) in [6.07, 6.45) is -0.532. The second-order valence-electron chi connectivity index (χ2n) is 4.05. The molecule has 1 atom stereocenters. The first kappa shape index (κ1) is 13.0. The number of benzene rings is 1. The van der Waals surface area contributed by atoms with Crippen LogP contribution in [0.3, 0.4) is 0 Å². The largest absolute Gasteiger partial charge is 0.481 e. The van der Waals surface area contributed by atoms with Crippen LogP contribution in [0.4, 0.5) is 0 Å². The molecule has 0 saturated heterocycles. The molecule has 1 amide bonds. The fraction of sp³-hybridized carbons (Fsp3) is 0.385. The van der Waals surface area contributed by atoms with E-state index in [-0.39, 0.29) is 5.91 Å². The first-order chi connectivity index (χ1) is 8.66. The van der Waals surface area contributed by atoms with E-state index in [4.69, 9.17) is 4.74 Å². The summed E-state index contributed by atoms with van der Waals surface area (Å²) < 4.78 is 5.64. The van der Waals surface area contributed by atoms with Gasteiger partial charge < -0.3 is 10.1 Å². The van der Waals surface area contributed by atoms with E-state index < -0.39 is 6.10 Å². The lowest BCUT2D eigenvalue weighted by Gasteiger charge is -2.15. The highest BCUT2D eigenvalue weighted by Gasteiger charge is 2.18. The van der Waals surface area contributed by atoms with Crippen molar-refractivity contribution in [3.05, 3.63) is 29.8 Å². The van der Waals surface area contributed by atoms with Gasteiger partial charge in [0.25, 0.3) is 5.91 Å². The Bertz CT molecular complexity index is 474. The van der Waals surface area contributed by atoms with Gasteiger partial charge in [-0.3, -0.25) is 9.79 Å². The lowest BCUT2D eigenvalue weighted by atomic mass is 10.2. The van der Waals surface area contributed by atoms with Crippen molar-refractivity contribution in [2.75, 3.05) is 12.3 Å². The molecular weight excluding hydrogens is 248 g/mol. The molecule has 1 aromatic rings. The molecule has 1 aliphatic rings. The predicted molar refractivity (Wildman–Crippen MR) is 74.2 cm³/mol. The van der Waals surface area contributed by atoms with Gasteiger partial charge in [0.05, 0.1) is 6.54 Å². The summed E-state index contributed by atoms with van der Waals surface area (Å²) in [5.74, 6) is 1.51. The number of amides is 1. The third kappa shape index (κ3) is 3.26. The molecule has 2 rings (SSSR count). The van der Waals surface area contributed by atoms with Gasteiger partial charge in [0.15, 0.2) is 11.3 Å².